The van der Waals surface area contributed by atoms with Gasteiger partial charge in [0.2, 0.25) is 0 Å². The number of hydrogen-bond donors (Lipinski definition) is 1. The minimum absolute atomic E-state index is 0.0998. The number of aryl methyl sites for hydroxylation is 1. The van der Waals surface area contributed by atoms with Crippen molar-refractivity contribution in [3.05, 3.63) is 45.4 Å². The van der Waals surface area contributed by atoms with Crippen LogP contribution in [0.5, 0.6) is 0 Å². The molecule has 3 rings (SSSR count). The van der Waals surface area contributed by atoms with Crippen LogP contribution in [0.3, 0.4) is 0 Å². The van der Waals surface area contributed by atoms with Crippen LogP contribution in [0, 0.1) is 0 Å². The van der Waals surface area contributed by atoms with E-state index in [0.29, 0.717) is 0 Å². The van der Waals surface area contributed by atoms with Crippen molar-refractivity contribution >= 4 is 28.1 Å². The van der Waals surface area contributed by atoms with E-state index in [4.69, 9.17) is 22.3 Å². The third-order valence-corrected chi connectivity index (χ3v) is 5.79. The summed E-state index contributed by atoms with van der Waals surface area (Å²) in [6, 6.07) is 8.27. The Morgan fingerprint density at radius 1 is 1.43 bits per heavy atom. The molecule has 2 N–H and O–H groups in total. The van der Waals surface area contributed by atoms with Gasteiger partial charge in [0.1, 0.15) is 0 Å². The second-order valence-corrected chi connectivity index (χ2v) is 7.08. The van der Waals surface area contributed by atoms with E-state index in [0.717, 1.165) is 34.3 Å². The first-order valence-electron chi connectivity index (χ1n) is 7.30. The highest BCUT2D eigenvalue weighted by Crippen LogP contribution is 2.38. The van der Waals surface area contributed by atoms with Gasteiger partial charge in [0.15, 0.2) is 5.13 Å². The van der Waals surface area contributed by atoms with Gasteiger partial charge < -0.3 is 10.6 Å². The van der Waals surface area contributed by atoms with Gasteiger partial charge in [-0.05, 0) is 37.8 Å². The SMILES string of the molecule is CC(c1ccccc1Cl)N(C)c1nc2c(s1)CCCC2N. The molecule has 0 amide bonds. The highest BCUT2D eigenvalue weighted by atomic mass is 35.5. The van der Waals surface area contributed by atoms with Crippen LogP contribution in [0.2, 0.25) is 5.02 Å². The molecule has 2 unspecified atom stereocenters. The Bertz CT molecular complexity index is 640. The molecule has 112 valence electrons. The Morgan fingerprint density at radius 2 is 2.19 bits per heavy atom. The van der Waals surface area contributed by atoms with Crippen LogP contribution in [0.4, 0.5) is 5.13 Å². The average molecular weight is 322 g/mol. The monoisotopic (exact) mass is 321 g/mol. The van der Waals surface area contributed by atoms with Crippen LogP contribution in [-0.4, -0.2) is 12.0 Å². The zero-order valence-corrected chi connectivity index (χ0v) is 13.9. The number of hydrogen-bond acceptors (Lipinski definition) is 4. The van der Waals surface area contributed by atoms with Gasteiger partial charge in [-0.15, -0.1) is 11.3 Å². The highest BCUT2D eigenvalue weighted by Gasteiger charge is 2.25. The molecule has 21 heavy (non-hydrogen) atoms. The first-order valence-corrected chi connectivity index (χ1v) is 8.50. The summed E-state index contributed by atoms with van der Waals surface area (Å²) in [4.78, 5) is 8.32. The van der Waals surface area contributed by atoms with Crippen molar-refractivity contribution in [1.82, 2.24) is 4.98 Å². The molecule has 2 aromatic rings. The lowest BCUT2D eigenvalue weighted by atomic mass is 9.99. The third kappa shape index (κ3) is 2.80. The van der Waals surface area contributed by atoms with Gasteiger partial charge in [0, 0.05) is 23.0 Å². The van der Waals surface area contributed by atoms with Crippen molar-refractivity contribution in [2.75, 3.05) is 11.9 Å². The molecule has 0 spiro atoms. The summed E-state index contributed by atoms with van der Waals surface area (Å²) in [5, 5.41) is 1.83. The number of rotatable bonds is 3. The molecule has 5 heteroatoms. The van der Waals surface area contributed by atoms with Crippen LogP contribution in [0.15, 0.2) is 24.3 Å². The van der Waals surface area contributed by atoms with E-state index in [1.54, 1.807) is 11.3 Å². The Morgan fingerprint density at radius 3 is 2.90 bits per heavy atom. The second kappa shape index (κ2) is 5.95. The normalized spacial score (nSPS) is 19.1. The fourth-order valence-corrected chi connectivity index (χ4v) is 4.29. The van der Waals surface area contributed by atoms with Gasteiger partial charge >= 0.3 is 0 Å². The van der Waals surface area contributed by atoms with Crippen LogP contribution in [-0.2, 0) is 6.42 Å². The smallest absolute Gasteiger partial charge is 0.186 e. The van der Waals surface area contributed by atoms with Crippen molar-refractivity contribution < 1.29 is 0 Å². The average Bonchev–Trinajstić information content (AvgIpc) is 2.92. The Balaban J connectivity index is 1.88. The molecule has 1 heterocycles. The van der Waals surface area contributed by atoms with E-state index >= 15 is 0 Å². The molecule has 1 aliphatic rings. The van der Waals surface area contributed by atoms with Crippen LogP contribution >= 0.6 is 22.9 Å². The Kier molecular flexibility index (Phi) is 4.20. The minimum Gasteiger partial charge on any atom is -0.344 e. The lowest BCUT2D eigenvalue weighted by Gasteiger charge is -2.25. The summed E-state index contributed by atoms with van der Waals surface area (Å²) >= 11 is 8.08. The lowest BCUT2D eigenvalue weighted by Crippen LogP contribution is -2.22. The van der Waals surface area contributed by atoms with Crippen molar-refractivity contribution in [2.24, 2.45) is 5.73 Å². The van der Waals surface area contributed by atoms with E-state index in [9.17, 15) is 0 Å². The number of aromatic nitrogens is 1. The number of fused-ring (bicyclic) bond motifs is 1. The van der Waals surface area contributed by atoms with E-state index in [-0.39, 0.29) is 12.1 Å². The fourth-order valence-electron chi connectivity index (χ4n) is 2.78. The summed E-state index contributed by atoms with van der Waals surface area (Å²) in [7, 11) is 2.07. The number of nitrogens with zero attached hydrogens (tertiary/aromatic N) is 2. The lowest BCUT2D eigenvalue weighted by molar-refractivity contribution is 0.563. The molecule has 1 aliphatic carbocycles. The standard InChI is InChI=1S/C16H20ClN3S/c1-10(11-6-3-4-7-12(11)17)20(2)16-19-15-13(18)8-5-9-14(15)21-16/h3-4,6-7,10,13H,5,8-9,18H2,1-2H3. The maximum absolute atomic E-state index is 6.31. The zero-order valence-electron chi connectivity index (χ0n) is 12.3. The van der Waals surface area contributed by atoms with Crippen molar-refractivity contribution in [1.29, 1.82) is 0 Å². The van der Waals surface area contributed by atoms with Gasteiger partial charge in [-0.1, -0.05) is 29.8 Å². The maximum atomic E-state index is 6.31. The number of thiazole rings is 1. The summed E-state index contributed by atoms with van der Waals surface area (Å²) in [6.07, 6.45) is 3.31. The summed E-state index contributed by atoms with van der Waals surface area (Å²) in [5.74, 6) is 0. The largest absolute Gasteiger partial charge is 0.344 e. The molecule has 0 saturated carbocycles. The van der Waals surface area contributed by atoms with Gasteiger partial charge in [-0.2, -0.15) is 0 Å². The summed E-state index contributed by atoms with van der Waals surface area (Å²) in [5.41, 5.74) is 8.40. The number of anilines is 1. The molecule has 2 atom stereocenters. The molecular weight excluding hydrogens is 302 g/mol. The molecule has 0 saturated heterocycles. The second-order valence-electron chi connectivity index (χ2n) is 5.61. The molecule has 3 nitrogen and oxygen atoms in total. The van der Waals surface area contributed by atoms with E-state index in [2.05, 4.69) is 24.9 Å². The van der Waals surface area contributed by atoms with Crippen LogP contribution in [0.1, 0.15) is 48.0 Å². The fraction of sp³-hybridized carbons (Fsp3) is 0.438. The minimum atomic E-state index is 0.0998. The van der Waals surface area contributed by atoms with Crippen LogP contribution < -0.4 is 10.6 Å². The van der Waals surface area contributed by atoms with Gasteiger partial charge in [0.25, 0.3) is 0 Å². The first-order chi connectivity index (χ1) is 10.1. The Labute approximate surface area is 134 Å². The molecule has 0 fully saturated rings. The van der Waals surface area contributed by atoms with Gasteiger partial charge in [-0.3, -0.25) is 0 Å². The molecule has 0 bridgehead atoms. The van der Waals surface area contributed by atoms with E-state index < -0.39 is 0 Å². The number of nitrogens with two attached hydrogens (primary N) is 1. The quantitative estimate of drug-likeness (QED) is 0.915. The molecule has 1 aromatic heterocycles. The van der Waals surface area contributed by atoms with Gasteiger partial charge in [0.05, 0.1) is 11.7 Å². The highest BCUT2D eigenvalue weighted by molar-refractivity contribution is 7.15. The van der Waals surface area contributed by atoms with E-state index in [1.807, 2.05) is 18.2 Å². The van der Waals surface area contributed by atoms with Crippen molar-refractivity contribution in [3.8, 4) is 0 Å². The predicted molar refractivity (Wildman–Crippen MR) is 90.3 cm³/mol. The Hall–Kier alpha value is -1.10. The predicted octanol–water partition coefficient (Wildman–Crippen LogP) is 4.33. The molecule has 0 aliphatic heterocycles. The molecule has 0 radical (unpaired) electrons. The number of halogens is 1. The maximum Gasteiger partial charge on any atom is 0.186 e. The molecule has 1 aromatic carbocycles. The van der Waals surface area contributed by atoms with Crippen molar-refractivity contribution in [2.45, 2.75) is 38.3 Å². The third-order valence-electron chi connectivity index (χ3n) is 4.22. The van der Waals surface area contributed by atoms with Crippen LogP contribution in [0.25, 0.3) is 0 Å². The number of benzene rings is 1. The zero-order chi connectivity index (χ0) is 15.0. The molecular formula is C16H20ClN3S. The topological polar surface area (TPSA) is 42.2 Å². The van der Waals surface area contributed by atoms with Crippen molar-refractivity contribution in [3.63, 3.8) is 0 Å². The van der Waals surface area contributed by atoms with Gasteiger partial charge in [-0.25, -0.2) is 4.98 Å². The first kappa shape index (κ1) is 14.8. The summed E-state index contributed by atoms with van der Waals surface area (Å²) in [6.45, 7) is 2.15. The van der Waals surface area contributed by atoms with E-state index in [1.165, 1.54) is 11.3 Å². The summed E-state index contributed by atoms with van der Waals surface area (Å²) < 4.78 is 0.